The van der Waals surface area contributed by atoms with Gasteiger partial charge in [-0.1, -0.05) is 42.1 Å². The van der Waals surface area contributed by atoms with E-state index in [1.807, 2.05) is 17.6 Å². The summed E-state index contributed by atoms with van der Waals surface area (Å²) >= 11 is 1.42. The van der Waals surface area contributed by atoms with Gasteiger partial charge in [-0.15, -0.1) is 16.8 Å². The zero-order chi connectivity index (χ0) is 20.8. The molecule has 3 aromatic rings. The van der Waals surface area contributed by atoms with Gasteiger partial charge < -0.3 is 4.74 Å². The van der Waals surface area contributed by atoms with Crippen molar-refractivity contribution in [2.75, 3.05) is 0 Å². The molecule has 0 amide bonds. The molecule has 1 unspecified atom stereocenters. The maximum absolute atomic E-state index is 13.8. The summed E-state index contributed by atoms with van der Waals surface area (Å²) < 4.78 is 21.1. The molecule has 0 N–H and O–H groups in total. The van der Waals surface area contributed by atoms with Gasteiger partial charge >= 0.3 is 0 Å². The van der Waals surface area contributed by atoms with Crippen LogP contribution in [-0.4, -0.2) is 19.7 Å². The summed E-state index contributed by atoms with van der Waals surface area (Å²) in [7, 11) is 0. The summed E-state index contributed by atoms with van der Waals surface area (Å²) in [6.07, 6.45) is 1.71. The molecule has 3 rings (SSSR count). The van der Waals surface area contributed by atoms with Gasteiger partial charge in [0, 0.05) is 23.9 Å². The van der Waals surface area contributed by atoms with Crippen LogP contribution in [0, 0.1) is 15.9 Å². The lowest BCUT2D eigenvalue weighted by molar-refractivity contribution is -0.384. The minimum absolute atomic E-state index is 0.0430. The van der Waals surface area contributed by atoms with Gasteiger partial charge in [0.15, 0.2) is 22.5 Å². The number of ether oxygens (including phenoxy) is 1. The van der Waals surface area contributed by atoms with Crippen LogP contribution < -0.4 is 4.74 Å². The largest absolute Gasteiger partial charge is 0.483 e. The number of nitro benzene ring substituents is 1. The van der Waals surface area contributed by atoms with E-state index < -0.39 is 10.7 Å². The van der Waals surface area contributed by atoms with Gasteiger partial charge in [-0.3, -0.25) is 14.7 Å². The molecule has 7 nitrogen and oxygen atoms in total. The third kappa shape index (κ3) is 5.00. The summed E-state index contributed by atoms with van der Waals surface area (Å²) in [4.78, 5) is 10.6. The summed E-state index contributed by atoms with van der Waals surface area (Å²) in [6.45, 7) is 6.19. The van der Waals surface area contributed by atoms with Crippen molar-refractivity contribution in [3.63, 3.8) is 0 Å². The Morgan fingerprint density at radius 3 is 2.83 bits per heavy atom. The predicted molar refractivity (Wildman–Crippen MR) is 108 cm³/mol. The van der Waals surface area contributed by atoms with Crippen molar-refractivity contribution in [1.29, 1.82) is 0 Å². The van der Waals surface area contributed by atoms with E-state index in [1.54, 1.807) is 36.4 Å². The first kappa shape index (κ1) is 20.5. The summed E-state index contributed by atoms with van der Waals surface area (Å²) in [5.74, 6) is 0.220. The van der Waals surface area contributed by atoms with Gasteiger partial charge in [-0.25, -0.2) is 4.39 Å². The Hall–Kier alpha value is -3.20. The van der Waals surface area contributed by atoms with Crippen LogP contribution in [0.3, 0.4) is 0 Å². The van der Waals surface area contributed by atoms with Crippen molar-refractivity contribution >= 4 is 17.4 Å². The lowest BCUT2D eigenvalue weighted by Gasteiger charge is -2.13. The highest BCUT2D eigenvalue weighted by molar-refractivity contribution is 7.99. The number of hydrogen-bond donors (Lipinski definition) is 0. The maximum Gasteiger partial charge on any atom is 0.269 e. The highest BCUT2D eigenvalue weighted by Crippen LogP contribution is 2.35. The minimum atomic E-state index is -0.448. The number of benzene rings is 2. The summed E-state index contributed by atoms with van der Waals surface area (Å²) in [5, 5.41) is 19.9. The molecule has 0 aliphatic rings. The van der Waals surface area contributed by atoms with Gasteiger partial charge in [-0.05, 0) is 24.6 Å². The number of thioether (sulfide) groups is 1. The fourth-order valence-electron chi connectivity index (χ4n) is 2.65. The second-order valence-corrected chi connectivity index (χ2v) is 7.44. The molecule has 1 heterocycles. The first-order valence-corrected chi connectivity index (χ1v) is 9.69. The van der Waals surface area contributed by atoms with Crippen molar-refractivity contribution < 1.29 is 14.1 Å². The highest BCUT2D eigenvalue weighted by Gasteiger charge is 2.18. The number of allylic oxidation sites excluding steroid dienone is 1. The summed E-state index contributed by atoms with van der Waals surface area (Å²) in [5.41, 5.74) is 0.850. The Labute approximate surface area is 171 Å². The van der Waals surface area contributed by atoms with Crippen molar-refractivity contribution in [1.82, 2.24) is 14.8 Å². The van der Waals surface area contributed by atoms with E-state index in [2.05, 4.69) is 16.8 Å². The molecular weight excluding hydrogens is 395 g/mol. The van der Waals surface area contributed by atoms with E-state index in [0.717, 1.165) is 5.56 Å². The molecule has 0 saturated carbocycles. The average Bonchev–Trinajstić information content (AvgIpc) is 3.09. The Balaban J connectivity index is 1.77. The lowest BCUT2D eigenvalue weighted by atomic mass is 10.1. The van der Waals surface area contributed by atoms with Crippen molar-refractivity contribution in [2.24, 2.45) is 0 Å². The van der Waals surface area contributed by atoms with Gasteiger partial charge in [0.25, 0.3) is 5.69 Å². The van der Waals surface area contributed by atoms with Gasteiger partial charge in [0.1, 0.15) is 6.61 Å². The van der Waals surface area contributed by atoms with Gasteiger partial charge in [-0.2, -0.15) is 0 Å². The highest BCUT2D eigenvalue weighted by atomic mass is 32.2. The van der Waals surface area contributed by atoms with Crippen molar-refractivity contribution in [3.05, 3.63) is 88.5 Å². The summed E-state index contributed by atoms with van der Waals surface area (Å²) in [6, 6.07) is 12.7. The second-order valence-electron chi connectivity index (χ2n) is 6.13. The Bertz CT molecular complexity index is 1020. The molecule has 0 saturated heterocycles. The van der Waals surface area contributed by atoms with E-state index >= 15 is 0 Å². The second kappa shape index (κ2) is 9.33. The maximum atomic E-state index is 13.8. The number of nitro groups is 1. The van der Waals surface area contributed by atoms with Crippen LogP contribution in [0.2, 0.25) is 0 Å². The van der Waals surface area contributed by atoms with E-state index in [9.17, 15) is 14.5 Å². The molecule has 0 aliphatic carbocycles. The fourth-order valence-corrected chi connectivity index (χ4v) is 3.64. The molecule has 0 aliphatic heterocycles. The molecule has 0 spiro atoms. The molecule has 9 heteroatoms. The first-order valence-electron chi connectivity index (χ1n) is 8.81. The predicted octanol–water partition coefficient (Wildman–Crippen LogP) is 4.94. The fraction of sp³-hybridized carbons (Fsp3) is 0.200. The average molecular weight is 414 g/mol. The van der Waals surface area contributed by atoms with Crippen LogP contribution in [0.25, 0.3) is 0 Å². The molecule has 1 atom stereocenters. The number of halogens is 1. The van der Waals surface area contributed by atoms with Gasteiger partial charge in [0.05, 0.1) is 4.92 Å². The normalized spacial score (nSPS) is 11.8. The molecule has 2 aromatic carbocycles. The van der Waals surface area contributed by atoms with Gasteiger partial charge in [0.2, 0.25) is 0 Å². The number of para-hydroxylation sites is 1. The number of rotatable bonds is 9. The first-order chi connectivity index (χ1) is 14.0. The topological polar surface area (TPSA) is 83.1 Å². The SMILES string of the molecule is C=CCn1c(COc2ccccc2F)nnc1SC(C)c1cccc([N+](=O)[O-])c1. The molecule has 1 aromatic heterocycles. The molecule has 0 fully saturated rings. The third-order valence-electron chi connectivity index (χ3n) is 4.13. The Morgan fingerprint density at radius 1 is 1.31 bits per heavy atom. The third-order valence-corrected chi connectivity index (χ3v) is 5.27. The smallest absolute Gasteiger partial charge is 0.269 e. The van der Waals surface area contributed by atoms with Crippen LogP contribution in [0.15, 0.2) is 66.3 Å². The van der Waals surface area contributed by atoms with Crippen molar-refractivity contribution in [3.8, 4) is 5.75 Å². The number of hydrogen-bond acceptors (Lipinski definition) is 6. The number of aromatic nitrogens is 3. The standard InChI is InChI=1S/C20H19FN4O3S/c1-3-11-24-19(13-28-18-10-5-4-9-17(18)21)22-23-20(24)29-14(2)15-7-6-8-16(12-15)25(26)27/h3-10,12,14H,1,11,13H2,2H3. The minimum Gasteiger partial charge on any atom is -0.483 e. The lowest BCUT2D eigenvalue weighted by Crippen LogP contribution is -2.08. The van der Waals surface area contributed by atoms with E-state index in [1.165, 1.54) is 23.9 Å². The molecule has 29 heavy (non-hydrogen) atoms. The molecule has 0 bridgehead atoms. The van der Waals surface area contributed by atoms with Crippen LogP contribution in [0.5, 0.6) is 5.75 Å². The molecule has 150 valence electrons. The van der Waals surface area contributed by atoms with E-state index in [0.29, 0.717) is 17.5 Å². The zero-order valence-electron chi connectivity index (χ0n) is 15.7. The number of non-ortho nitro benzene ring substituents is 1. The van der Waals surface area contributed by atoms with E-state index in [4.69, 9.17) is 4.74 Å². The number of nitrogens with zero attached hydrogens (tertiary/aromatic N) is 4. The van der Waals surface area contributed by atoms with Crippen LogP contribution >= 0.6 is 11.8 Å². The monoisotopic (exact) mass is 414 g/mol. The van der Waals surface area contributed by atoms with Crippen molar-refractivity contribution in [2.45, 2.75) is 30.5 Å². The van der Waals surface area contributed by atoms with Crippen LogP contribution in [-0.2, 0) is 13.2 Å². The zero-order valence-corrected chi connectivity index (χ0v) is 16.5. The Kier molecular flexibility index (Phi) is 6.61. The van der Waals surface area contributed by atoms with Crippen LogP contribution in [0.1, 0.15) is 23.6 Å². The quantitative estimate of drug-likeness (QED) is 0.213. The van der Waals surface area contributed by atoms with Crippen LogP contribution in [0.4, 0.5) is 10.1 Å². The molecule has 0 radical (unpaired) electrons. The van der Waals surface area contributed by atoms with E-state index in [-0.39, 0.29) is 23.3 Å². The Morgan fingerprint density at radius 2 is 2.10 bits per heavy atom. The molecular formula is C20H19FN4O3S.